The monoisotopic (exact) mass is 274 g/mol. The lowest BCUT2D eigenvalue weighted by Crippen LogP contribution is -2.62. The zero-order valence-corrected chi connectivity index (χ0v) is 12.5. The van der Waals surface area contributed by atoms with Crippen LogP contribution < -0.4 is 0 Å². The number of aliphatic hydroxyl groups excluding tert-OH is 2. The largest absolute Gasteiger partial charge is 0.479 e. The molecular weight excluding hydrogens is 248 g/mol. The van der Waals surface area contributed by atoms with Crippen LogP contribution in [0, 0.1) is 16.7 Å². The van der Waals surface area contributed by atoms with Gasteiger partial charge >= 0.3 is 5.97 Å². The minimum Gasteiger partial charge on any atom is -0.479 e. The summed E-state index contributed by atoms with van der Waals surface area (Å²) in [5.74, 6) is -1.75. The van der Waals surface area contributed by atoms with Gasteiger partial charge in [0.25, 0.3) is 0 Å². The van der Waals surface area contributed by atoms with Crippen LogP contribution in [0.4, 0.5) is 0 Å². The van der Waals surface area contributed by atoms with Crippen LogP contribution >= 0.6 is 0 Å². The van der Waals surface area contributed by atoms with Crippen LogP contribution in [0.15, 0.2) is 0 Å². The fourth-order valence-corrected chi connectivity index (χ4v) is 2.79. The molecule has 1 aliphatic rings. The summed E-state index contributed by atoms with van der Waals surface area (Å²) >= 11 is 0. The minimum atomic E-state index is -1.11. The molecule has 1 heterocycles. The lowest BCUT2D eigenvalue weighted by atomic mass is 9.68. The van der Waals surface area contributed by atoms with Crippen molar-refractivity contribution >= 4 is 5.97 Å². The van der Waals surface area contributed by atoms with E-state index in [4.69, 9.17) is 4.74 Å². The van der Waals surface area contributed by atoms with Gasteiger partial charge in [-0.25, -0.2) is 4.79 Å². The molecule has 19 heavy (non-hydrogen) atoms. The Morgan fingerprint density at radius 2 is 1.42 bits per heavy atom. The smallest absolute Gasteiger partial charge is 0.333 e. The molecule has 0 spiro atoms. The van der Waals surface area contributed by atoms with Crippen LogP contribution in [-0.2, 0) is 9.53 Å². The molecule has 0 amide bonds. The van der Waals surface area contributed by atoms with Crippen LogP contribution in [0.25, 0.3) is 0 Å². The molecular formula is C14H26O5. The predicted molar refractivity (Wildman–Crippen MR) is 70.7 cm³/mol. The van der Waals surface area contributed by atoms with Gasteiger partial charge in [0.2, 0.25) is 0 Å². The normalized spacial score (nSPS) is 37.2. The van der Waals surface area contributed by atoms with Crippen molar-refractivity contribution in [3.8, 4) is 0 Å². The number of rotatable bonds is 1. The maximum Gasteiger partial charge on any atom is 0.333 e. The number of hydrogen-bond donors (Lipinski definition) is 3. The molecule has 112 valence electrons. The minimum absolute atomic E-state index is 0.447. The Labute approximate surface area is 114 Å². The lowest BCUT2D eigenvalue weighted by Gasteiger charge is -2.50. The van der Waals surface area contributed by atoms with Crippen molar-refractivity contribution < 1.29 is 24.9 Å². The van der Waals surface area contributed by atoms with Crippen LogP contribution in [0.2, 0.25) is 0 Å². The van der Waals surface area contributed by atoms with E-state index in [0.29, 0.717) is 0 Å². The molecule has 0 aromatic carbocycles. The number of hydrogen-bond acceptors (Lipinski definition) is 4. The number of aliphatic hydroxyl groups is 2. The van der Waals surface area contributed by atoms with Gasteiger partial charge in [0.1, 0.15) is 6.10 Å². The molecule has 2 unspecified atom stereocenters. The van der Waals surface area contributed by atoms with Crippen molar-refractivity contribution in [2.45, 2.75) is 66.0 Å². The number of aliphatic carboxylic acids is 1. The van der Waals surface area contributed by atoms with Gasteiger partial charge < -0.3 is 20.1 Å². The van der Waals surface area contributed by atoms with Crippen molar-refractivity contribution in [3.63, 3.8) is 0 Å². The zero-order chi connectivity index (χ0) is 15.2. The van der Waals surface area contributed by atoms with E-state index in [1.54, 1.807) is 0 Å². The fourth-order valence-electron chi connectivity index (χ4n) is 2.79. The standard InChI is InChI=1S/C14H26O5/c1-13(2,3)7-8(15)9(16)11(14(4,5)6)19-10(7)12(17)18/h7-11,15-16H,1-6H3,(H,17,18)/t7-,8-,9?,10?,11+/m0/s1. The van der Waals surface area contributed by atoms with E-state index in [1.165, 1.54) is 0 Å². The highest BCUT2D eigenvalue weighted by Crippen LogP contribution is 2.42. The third-order valence-electron chi connectivity index (χ3n) is 3.74. The first-order valence-corrected chi connectivity index (χ1v) is 6.61. The van der Waals surface area contributed by atoms with Crippen LogP contribution in [0.5, 0.6) is 0 Å². The average Bonchev–Trinajstić information content (AvgIpc) is 2.17. The highest BCUT2D eigenvalue weighted by Gasteiger charge is 2.54. The van der Waals surface area contributed by atoms with Gasteiger partial charge in [-0.3, -0.25) is 0 Å². The molecule has 3 N–H and O–H groups in total. The van der Waals surface area contributed by atoms with E-state index >= 15 is 0 Å². The molecule has 0 saturated carbocycles. The Hall–Kier alpha value is -0.650. The van der Waals surface area contributed by atoms with E-state index in [-0.39, 0.29) is 0 Å². The summed E-state index contributed by atoms with van der Waals surface area (Å²) in [7, 11) is 0. The van der Waals surface area contributed by atoms with Gasteiger partial charge in [0, 0.05) is 5.92 Å². The third-order valence-corrected chi connectivity index (χ3v) is 3.74. The first-order chi connectivity index (χ1) is 8.37. The highest BCUT2D eigenvalue weighted by molar-refractivity contribution is 5.73. The molecule has 0 bridgehead atoms. The SMILES string of the molecule is CC(C)(C)[C@@H]1OC(C(=O)O)[C@@H](C(C)(C)C)[C@H](O)C1O. The molecule has 0 aliphatic carbocycles. The molecule has 0 aromatic rings. The summed E-state index contributed by atoms with van der Waals surface area (Å²) in [6.07, 6.45) is -4.01. The van der Waals surface area contributed by atoms with E-state index in [1.807, 2.05) is 41.5 Å². The second-order valence-electron chi connectivity index (χ2n) is 7.55. The maximum atomic E-state index is 11.4. The Bertz CT molecular complexity index is 339. The van der Waals surface area contributed by atoms with Crippen LogP contribution in [0.3, 0.4) is 0 Å². The predicted octanol–water partition coefficient (Wildman–Crippen LogP) is 1.27. The third kappa shape index (κ3) is 3.27. The Kier molecular flexibility index (Phi) is 4.35. The quantitative estimate of drug-likeness (QED) is 0.670. The Morgan fingerprint density at radius 1 is 0.947 bits per heavy atom. The molecule has 5 nitrogen and oxygen atoms in total. The number of ether oxygens (including phenoxy) is 1. The second-order valence-corrected chi connectivity index (χ2v) is 7.55. The van der Waals surface area contributed by atoms with Gasteiger partial charge in [0.15, 0.2) is 6.10 Å². The lowest BCUT2D eigenvalue weighted by molar-refractivity contribution is -0.245. The first-order valence-electron chi connectivity index (χ1n) is 6.61. The summed E-state index contributed by atoms with van der Waals surface area (Å²) in [5.41, 5.74) is -0.927. The Balaban J connectivity index is 3.15. The van der Waals surface area contributed by atoms with E-state index in [2.05, 4.69) is 0 Å². The second kappa shape index (κ2) is 5.04. The first kappa shape index (κ1) is 16.4. The van der Waals surface area contributed by atoms with Crippen molar-refractivity contribution in [1.82, 2.24) is 0 Å². The summed E-state index contributed by atoms with van der Waals surface area (Å²) in [6.45, 7) is 11.1. The number of carbonyl (C=O) groups is 1. The Morgan fingerprint density at radius 3 is 1.74 bits per heavy atom. The molecule has 0 radical (unpaired) electrons. The topological polar surface area (TPSA) is 87.0 Å². The van der Waals surface area contributed by atoms with Gasteiger partial charge in [-0.2, -0.15) is 0 Å². The van der Waals surface area contributed by atoms with Crippen molar-refractivity contribution in [1.29, 1.82) is 0 Å². The summed E-state index contributed by atoms with van der Waals surface area (Å²) in [5, 5.41) is 29.9. The van der Waals surface area contributed by atoms with Crippen LogP contribution in [0.1, 0.15) is 41.5 Å². The zero-order valence-electron chi connectivity index (χ0n) is 12.5. The molecule has 1 aliphatic heterocycles. The highest BCUT2D eigenvalue weighted by atomic mass is 16.5. The summed E-state index contributed by atoms with van der Waals surface area (Å²) < 4.78 is 5.62. The van der Waals surface area contributed by atoms with Gasteiger partial charge in [0.05, 0.1) is 12.2 Å². The maximum absolute atomic E-state index is 11.4. The van der Waals surface area contributed by atoms with Crippen molar-refractivity contribution in [2.75, 3.05) is 0 Å². The van der Waals surface area contributed by atoms with Gasteiger partial charge in [-0.05, 0) is 10.8 Å². The van der Waals surface area contributed by atoms with E-state index in [9.17, 15) is 20.1 Å². The molecule has 1 rings (SSSR count). The number of carboxylic acids is 1. The fraction of sp³-hybridized carbons (Fsp3) is 0.929. The number of carboxylic acid groups (broad SMARTS) is 1. The molecule has 5 heteroatoms. The average molecular weight is 274 g/mol. The van der Waals surface area contributed by atoms with Gasteiger partial charge in [-0.15, -0.1) is 0 Å². The van der Waals surface area contributed by atoms with Crippen molar-refractivity contribution in [3.05, 3.63) is 0 Å². The molecule has 1 fully saturated rings. The summed E-state index contributed by atoms with van der Waals surface area (Å²) in [6, 6.07) is 0. The van der Waals surface area contributed by atoms with Crippen LogP contribution in [-0.4, -0.2) is 45.7 Å². The summed E-state index contributed by atoms with van der Waals surface area (Å²) in [4.78, 5) is 11.4. The molecule has 5 atom stereocenters. The molecule has 0 aromatic heterocycles. The van der Waals surface area contributed by atoms with E-state index in [0.717, 1.165) is 0 Å². The van der Waals surface area contributed by atoms with Gasteiger partial charge in [-0.1, -0.05) is 41.5 Å². The van der Waals surface area contributed by atoms with Crippen molar-refractivity contribution in [2.24, 2.45) is 16.7 Å². The van der Waals surface area contributed by atoms with E-state index < -0.39 is 47.1 Å². The molecule has 1 saturated heterocycles.